The minimum atomic E-state index is -0.443. The normalized spacial score (nSPS) is 9.27. The van der Waals surface area contributed by atoms with Crippen LogP contribution in [0.4, 0.5) is 4.79 Å². The fourth-order valence-electron chi connectivity index (χ4n) is 0.649. The molecule has 0 aliphatic carbocycles. The summed E-state index contributed by atoms with van der Waals surface area (Å²) >= 11 is 0. The molecule has 66 valence electrons. The summed E-state index contributed by atoms with van der Waals surface area (Å²) in [6.45, 7) is 2.93. The molecule has 0 aliphatic rings. The molecule has 0 radical (unpaired) electrons. The molecule has 4 heteroatoms. The first kappa shape index (κ1) is 10.2. The molecule has 0 atom stereocenters. The third-order valence-corrected chi connectivity index (χ3v) is 1.28. The average Bonchev–Trinajstić information content (AvgIpc) is 2.04. The molecule has 2 N–H and O–H groups in total. The molecule has 0 aromatic heterocycles. The van der Waals surface area contributed by atoms with Gasteiger partial charge in [-0.15, -0.1) is 0 Å². The highest BCUT2D eigenvalue weighted by Crippen LogP contribution is 1.89. The quantitative estimate of drug-likeness (QED) is 0.466. The highest BCUT2D eigenvalue weighted by Gasteiger charge is 1.93. The van der Waals surface area contributed by atoms with E-state index >= 15 is 0 Å². The second-order valence-electron chi connectivity index (χ2n) is 2.25. The molecule has 0 aromatic rings. The number of hydrazine groups is 1. The summed E-state index contributed by atoms with van der Waals surface area (Å²) in [5.41, 5.74) is 5.13. The van der Waals surface area contributed by atoms with E-state index in [1.54, 1.807) is 0 Å². The predicted octanol–water partition coefficient (Wildman–Crippen LogP) is 1.04. The van der Waals surface area contributed by atoms with E-state index in [1.807, 2.05) is 0 Å². The van der Waals surface area contributed by atoms with E-state index in [0.717, 1.165) is 13.0 Å². The van der Waals surface area contributed by atoms with Crippen molar-refractivity contribution in [3.63, 3.8) is 0 Å². The van der Waals surface area contributed by atoms with Gasteiger partial charge < -0.3 is 4.74 Å². The first-order valence-corrected chi connectivity index (χ1v) is 3.88. The zero-order valence-corrected chi connectivity index (χ0v) is 7.14. The van der Waals surface area contributed by atoms with Crippen molar-refractivity contribution in [3.05, 3.63) is 0 Å². The Morgan fingerprint density at radius 3 is 2.73 bits per heavy atom. The van der Waals surface area contributed by atoms with Crippen molar-refractivity contribution >= 4 is 6.09 Å². The lowest BCUT2D eigenvalue weighted by Gasteiger charge is -2.04. The van der Waals surface area contributed by atoms with Crippen molar-refractivity contribution in [1.82, 2.24) is 10.9 Å². The van der Waals surface area contributed by atoms with Crippen LogP contribution in [0.1, 0.15) is 26.2 Å². The summed E-state index contributed by atoms with van der Waals surface area (Å²) < 4.78 is 4.34. The summed E-state index contributed by atoms with van der Waals surface area (Å²) in [7, 11) is 1.34. The van der Waals surface area contributed by atoms with E-state index < -0.39 is 6.09 Å². The molecule has 0 saturated carbocycles. The predicted molar refractivity (Wildman–Crippen MR) is 43.1 cm³/mol. The van der Waals surface area contributed by atoms with Gasteiger partial charge in [-0.25, -0.2) is 10.2 Å². The van der Waals surface area contributed by atoms with E-state index in [9.17, 15) is 4.79 Å². The Hall–Kier alpha value is -0.770. The van der Waals surface area contributed by atoms with Crippen LogP contribution in [0.25, 0.3) is 0 Å². The topological polar surface area (TPSA) is 50.4 Å². The summed E-state index contributed by atoms with van der Waals surface area (Å²) in [6.07, 6.45) is 2.98. The fourth-order valence-corrected chi connectivity index (χ4v) is 0.649. The zero-order valence-electron chi connectivity index (χ0n) is 7.14. The lowest BCUT2D eigenvalue weighted by atomic mass is 10.3. The molecule has 4 nitrogen and oxygen atoms in total. The van der Waals surface area contributed by atoms with Crippen LogP contribution in [0.15, 0.2) is 0 Å². The van der Waals surface area contributed by atoms with Crippen LogP contribution in [0.5, 0.6) is 0 Å². The van der Waals surface area contributed by atoms with Gasteiger partial charge in [-0.1, -0.05) is 19.8 Å². The molecule has 0 saturated heterocycles. The van der Waals surface area contributed by atoms with Crippen LogP contribution < -0.4 is 10.9 Å². The van der Waals surface area contributed by atoms with Crippen molar-refractivity contribution in [3.8, 4) is 0 Å². The minimum absolute atomic E-state index is 0.443. The third kappa shape index (κ3) is 7.12. The Bertz CT molecular complexity index is 107. The molecule has 0 rings (SSSR count). The Labute approximate surface area is 67.3 Å². The molecule has 0 bridgehead atoms. The number of amides is 1. The average molecular weight is 160 g/mol. The molecular formula is C7H16N2O2. The maximum atomic E-state index is 10.4. The standard InChI is InChI=1S/C7H16N2O2/c1-3-4-5-6-8-9-7(10)11-2/h8H,3-6H2,1-2H3,(H,9,10). The number of carbonyl (C=O) groups excluding carboxylic acids is 1. The van der Waals surface area contributed by atoms with Gasteiger partial charge >= 0.3 is 6.09 Å². The molecule has 11 heavy (non-hydrogen) atoms. The molecule has 0 fully saturated rings. The van der Waals surface area contributed by atoms with E-state index in [0.29, 0.717) is 0 Å². The number of unbranched alkanes of at least 4 members (excludes halogenated alkanes) is 2. The minimum Gasteiger partial charge on any atom is -0.452 e. The maximum Gasteiger partial charge on any atom is 0.421 e. The van der Waals surface area contributed by atoms with E-state index in [-0.39, 0.29) is 0 Å². The van der Waals surface area contributed by atoms with Crippen LogP contribution in [0, 0.1) is 0 Å². The van der Waals surface area contributed by atoms with Crippen molar-refractivity contribution < 1.29 is 9.53 Å². The van der Waals surface area contributed by atoms with Gasteiger partial charge in [-0.05, 0) is 6.42 Å². The van der Waals surface area contributed by atoms with Gasteiger partial charge in [0, 0.05) is 6.54 Å². The Kier molecular flexibility index (Phi) is 6.82. The van der Waals surface area contributed by atoms with Crippen LogP contribution in [-0.4, -0.2) is 19.7 Å². The smallest absolute Gasteiger partial charge is 0.421 e. The van der Waals surface area contributed by atoms with E-state index in [4.69, 9.17) is 0 Å². The maximum absolute atomic E-state index is 10.4. The van der Waals surface area contributed by atoms with Crippen LogP contribution in [0.2, 0.25) is 0 Å². The van der Waals surface area contributed by atoms with Crippen LogP contribution >= 0.6 is 0 Å². The highest BCUT2D eigenvalue weighted by molar-refractivity contribution is 5.66. The molecular weight excluding hydrogens is 144 g/mol. The van der Waals surface area contributed by atoms with E-state index in [1.165, 1.54) is 20.0 Å². The van der Waals surface area contributed by atoms with Crippen molar-refractivity contribution in [2.45, 2.75) is 26.2 Å². The number of ether oxygens (including phenoxy) is 1. The summed E-state index contributed by atoms with van der Waals surface area (Å²) in [4.78, 5) is 10.4. The molecule has 0 aromatic carbocycles. The summed E-state index contributed by atoms with van der Waals surface area (Å²) in [6, 6.07) is 0. The Morgan fingerprint density at radius 2 is 2.18 bits per heavy atom. The molecule has 0 heterocycles. The number of nitrogens with one attached hydrogen (secondary N) is 2. The van der Waals surface area contributed by atoms with Crippen molar-refractivity contribution in [2.75, 3.05) is 13.7 Å². The lowest BCUT2D eigenvalue weighted by Crippen LogP contribution is -2.37. The molecule has 1 amide bonds. The van der Waals surface area contributed by atoms with Gasteiger partial charge in [0.1, 0.15) is 0 Å². The Balaban J connectivity index is 2.95. The summed E-state index contributed by atoms with van der Waals surface area (Å²) in [5.74, 6) is 0. The number of rotatable bonds is 5. The summed E-state index contributed by atoms with van der Waals surface area (Å²) in [5, 5.41) is 0. The van der Waals surface area contributed by atoms with Gasteiger partial charge in [-0.2, -0.15) is 0 Å². The second-order valence-corrected chi connectivity index (χ2v) is 2.25. The zero-order chi connectivity index (χ0) is 8.53. The number of carbonyl (C=O) groups is 1. The molecule has 0 unspecified atom stereocenters. The second kappa shape index (κ2) is 7.34. The Morgan fingerprint density at radius 1 is 1.45 bits per heavy atom. The van der Waals surface area contributed by atoms with Crippen molar-refractivity contribution in [2.24, 2.45) is 0 Å². The monoisotopic (exact) mass is 160 g/mol. The van der Waals surface area contributed by atoms with Gasteiger partial charge in [0.05, 0.1) is 7.11 Å². The number of hydrogen-bond acceptors (Lipinski definition) is 3. The highest BCUT2D eigenvalue weighted by atomic mass is 16.5. The fraction of sp³-hybridized carbons (Fsp3) is 0.857. The third-order valence-electron chi connectivity index (χ3n) is 1.28. The SMILES string of the molecule is CCCCCNNC(=O)OC. The first-order valence-electron chi connectivity index (χ1n) is 3.88. The molecule has 0 aliphatic heterocycles. The van der Waals surface area contributed by atoms with E-state index in [2.05, 4.69) is 22.5 Å². The first-order chi connectivity index (χ1) is 5.31. The largest absolute Gasteiger partial charge is 0.452 e. The number of hydrogen-bond donors (Lipinski definition) is 2. The van der Waals surface area contributed by atoms with Crippen molar-refractivity contribution in [1.29, 1.82) is 0 Å². The van der Waals surface area contributed by atoms with Crippen LogP contribution in [0.3, 0.4) is 0 Å². The lowest BCUT2D eigenvalue weighted by molar-refractivity contribution is 0.165. The van der Waals surface area contributed by atoms with Gasteiger partial charge in [0.15, 0.2) is 0 Å². The van der Waals surface area contributed by atoms with Crippen LogP contribution in [-0.2, 0) is 4.74 Å². The number of methoxy groups -OCH3 is 1. The van der Waals surface area contributed by atoms with Gasteiger partial charge in [0.2, 0.25) is 0 Å². The molecule has 0 spiro atoms. The van der Waals surface area contributed by atoms with Gasteiger partial charge in [0.25, 0.3) is 0 Å². The van der Waals surface area contributed by atoms with Gasteiger partial charge in [-0.3, -0.25) is 5.43 Å².